The molecule has 1 aliphatic heterocycles. The molecule has 6 N–H and O–H groups in total. The summed E-state index contributed by atoms with van der Waals surface area (Å²) in [4.78, 5) is 13.1. The lowest BCUT2D eigenvalue weighted by atomic mass is 9.99. The van der Waals surface area contributed by atoms with Crippen LogP contribution in [0.5, 0.6) is 0 Å². The van der Waals surface area contributed by atoms with Gasteiger partial charge in [0.2, 0.25) is 5.91 Å². The molecule has 0 aromatic carbocycles. The van der Waals surface area contributed by atoms with Gasteiger partial charge in [-0.1, -0.05) is 302 Å². The number of amides is 1. The Morgan fingerprint density at radius 2 is 0.786 bits per heavy atom. The molecule has 0 aliphatic carbocycles. The molecular weight excluding hydrogens is 875 g/mol. The van der Waals surface area contributed by atoms with Crippen LogP contribution in [0.3, 0.4) is 0 Å². The standard InChI is InChI=1S/C61H119NO8/c1-3-5-7-9-11-13-15-17-19-21-22-23-24-25-26-27-28-29-30-31-32-33-34-35-37-39-41-43-45-47-49-51-57(65)62-54(53-69-61-60(68)59(67)58(66)56(52-63)70-61)55(64)50-48-46-44-42-40-38-36-20-18-16-14-12-10-8-6-4-2/h48,50,54-56,58-61,63-64,66-68H,3-47,49,51-53H2,1-2H3,(H,62,65)/b50-48+. The summed E-state index contributed by atoms with van der Waals surface area (Å²) < 4.78 is 11.3. The summed E-state index contributed by atoms with van der Waals surface area (Å²) in [6, 6.07) is -0.800. The van der Waals surface area contributed by atoms with E-state index in [1.165, 1.54) is 257 Å². The average molecular weight is 995 g/mol. The zero-order valence-corrected chi connectivity index (χ0v) is 46.3. The van der Waals surface area contributed by atoms with E-state index in [1.54, 1.807) is 6.08 Å². The first-order valence-electron chi connectivity index (χ1n) is 30.9. The van der Waals surface area contributed by atoms with Gasteiger partial charge >= 0.3 is 0 Å². The van der Waals surface area contributed by atoms with Crippen LogP contribution in [0, 0.1) is 0 Å². The molecule has 0 aromatic rings. The Morgan fingerprint density at radius 1 is 0.471 bits per heavy atom. The number of carbonyl (C=O) groups is 1. The van der Waals surface area contributed by atoms with Gasteiger partial charge in [-0.3, -0.25) is 4.79 Å². The van der Waals surface area contributed by atoms with Crippen LogP contribution >= 0.6 is 0 Å². The van der Waals surface area contributed by atoms with Crippen LogP contribution < -0.4 is 5.32 Å². The molecule has 0 spiro atoms. The molecule has 7 atom stereocenters. The monoisotopic (exact) mass is 994 g/mol. The Kier molecular flexibility index (Phi) is 49.2. The maximum atomic E-state index is 13.1. The summed E-state index contributed by atoms with van der Waals surface area (Å²) in [5.74, 6) is -0.169. The summed E-state index contributed by atoms with van der Waals surface area (Å²) >= 11 is 0. The molecule has 1 rings (SSSR count). The summed E-state index contributed by atoms with van der Waals surface area (Å²) in [6.07, 6.45) is 57.3. The Balaban J connectivity index is 2.12. The Morgan fingerprint density at radius 3 is 1.11 bits per heavy atom. The first-order chi connectivity index (χ1) is 34.3. The molecule has 1 amide bonds. The minimum atomic E-state index is -1.56. The number of carbonyl (C=O) groups excluding carboxylic acids is 1. The third kappa shape index (κ3) is 40.3. The second-order valence-corrected chi connectivity index (χ2v) is 21.9. The molecule has 0 radical (unpaired) electrons. The third-order valence-electron chi connectivity index (χ3n) is 15.1. The highest BCUT2D eigenvalue weighted by Gasteiger charge is 2.44. The van der Waals surface area contributed by atoms with Gasteiger partial charge in [0.1, 0.15) is 24.4 Å². The lowest BCUT2D eigenvalue weighted by molar-refractivity contribution is -0.302. The SMILES string of the molecule is CCCCCCCCCCCCCCCC/C=C/C(O)C(COC1OC(CO)C(O)C(O)C1O)NC(=O)CCCCCCCCCCCCCCCCCCCCCCCCCCCCCCCCC. The molecule has 7 unspecified atom stereocenters. The summed E-state index contributed by atoms with van der Waals surface area (Å²) in [6.45, 7) is 3.82. The van der Waals surface area contributed by atoms with E-state index < -0.39 is 49.5 Å². The molecular formula is C61H119NO8. The van der Waals surface area contributed by atoms with Crippen molar-refractivity contribution in [1.29, 1.82) is 0 Å². The number of hydrogen-bond donors (Lipinski definition) is 6. The lowest BCUT2D eigenvalue weighted by Crippen LogP contribution is -2.60. The number of ether oxygens (including phenoxy) is 2. The van der Waals surface area contributed by atoms with Crippen molar-refractivity contribution < 1.29 is 39.8 Å². The van der Waals surface area contributed by atoms with Crippen molar-refractivity contribution >= 4 is 5.91 Å². The zero-order chi connectivity index (χ0) is 50.8. The maximum Gasteiger partial charge on any atom is 0.220 e. The maximum absolute atomic E-state index is 13.1. The Bertz CT molecular complexity index is 1110. The van der Waals surface area contributed by atoms with Gasteiger partial charge < -0.3 is 40.3 Å². The van der Waals surface area contributed by atoms with Crippen LogP contribution in [0.2, 0.25) is 0 Å². The van der Waals surface area contributed by atoms with E-state index in [1.807, 2.05) is 6.08 Å². The molecule has 0 bridgehead atoms. The van der Waals surface area contributed by atoms with Gasteiger partial charge in [-0.25, -0.2) is 0 Å². The molecule has 9 nitrogen and oxygen atoms in total. The molecule has 9 heteroatoms. The predicted octanol–water partition coefficient (Wildman–Crippen LogP) is 15.6. The van der Waals surface area contributed by atoms with Gasteiger partial charge in [0, 0.05) is 6.42 Å². The van der Waals surface area contributed by atoms with Crippen molar-refractivity contribution in [2.45, 2.75) is 358 Å². The Labute approximate surface area is 433 Å². The van der Waals surface area contributed by atoms with Crippen LogP contribution in [-0.2, 0) is 14.3 Å². The number of hydrogen-bond acceptors (Lipinski definition) is 8. The van der Waals surface area contributed by atoms with Crippen LogP contribution in [0.15, 0.2) is 12.2 Å². The summed E-state index contributed by atoms with van der Waals surface area (Å²) in [5.41, 5.74) is 0. The lowest BCUT2D eigenvalue weighted by Gasteiger charge is -2.40. The summed E-state index contributed by atoms with van der Waals surface area (Å²) in [7, 11) is 0. The summed E-state index contributed by atoms with van der Waals surface area (Å²) in [5, 5.41) is 54.5. The molecule has 1 aliphatic rings. The van der Waals surface area contributed by atoms with E-state index in [0.29, 0.717) is 6.42 Å². The van der Waals surface area contributed by atoms with Gasteiger partial charge in [0.25, 0.3) is 0 Å². The number of aliphatic hydroxyl groups is 5. The highest BCUT2D eigenvalue weighted by Crippen LogP contribution is 2.23. The first-order valence-corrected chi connectivity index (χ1v) is 30.9. The smallest absolute Gasteiger partial charge is 0.220 e. The number of rotatable bonds is 54. The quantitative estimate of drug-likeness (QED) is 0.0261. The van der Waals surface area contributed by atoms with E-state index in [4.69, 9.17) is 9.47 Å². The van der Waals surface area contributed by atoms with Crippen LogP contribution in [-0.4, -0.2) is 87.5 Å². The molecule has 1 saturated heterocycles. The van der Waals surface area contributed by atoms with Crippen LogP contribution in [0.1, 0.15) is 316 Å². The molecule has 70 heavy (non-hydrogen) atoms. The van der Waals surface area contributed by atoms with Gasteiger partial charge in [0.05, 0.1) is 25.4 Å². The van der Waals surface area contributed by atoms with Crippen molar-refractivity contribution in [2.24, 2.45) is 0 Å². The third-order valence-corrected chi connectivity index (χ3v) is 15.1. The Hall–Kier alpha value is -1.07. The van der Waals surface area contributed by atoms with Crippen molar-refractivity contribution in [3.05, 3.63) is 12.2 Å². The van der Waals surface area contributed by atoms with Gasteiger partial charge in [-0.2, -0.15) is 0 Å². The minimum absolute atomic E-state index is 0.169. The predicted molar refractivity (Wildman–Crippen MR) is 295 cm³/mol. The second kappa shape index (κ2) is 51.4. The van der Waals surface area contributed by atoms with Crippen molar-refractivity contribution in [3.63, 3.8) is 0 Å². The number of aliphatic hydroxyl groups excluding tert-OH is 5. The molecule has 0 aromatic heterocycles. The minimum Gasteiger partial charge on any atom is -0.394 e. The van der Waals surface area contributed by atoms with Crippen molar-refractivity contribution in [3.8, 4) is 0 Å². The fraction of sp³-hybridized carbons (Fsp3) is 0.951. The van der Waals surface area contributed by atoms with E-state index >= 15 is 0 Å². The van der Waals surface area contributed by atoms with Gasteiger partial charge in [0.15, 0.2) is 6.29 Å². The molecule has 0 saturated carbocycles. The largest absolute Gasteiger partial charge is 0.394 e. The first kappa shape index (κ1) is 66.9. The van der Waals surface area contributed by atoms with E-state index in [2.05, 4.69) is 19.2 Å². The van der Waals surface area contributed by atoms with E-state index in [-0.39, 0.29) is 12.5 Å². The van der Waals surface area contributed by atoms with Crippen LogP contribution in [0.4, 0.5) is 0 Å². The normalized spacial score (nSPS) is 19.3. The number of allylic oxidation sites excluding steroid dienone is 1. The zero-order valence-electron chi connectivity index (χ0n) is 46.3. The van der Waals surface area contributed by atoms with Crippen molar-refractivity contribution in [2.75, 3.05) is 13.2 Å². The highest BCUT2D eigenvalue weighted by molar-refractivity contribution is 5.76. The fourth-order valence-corrected chi connectivity index (χ4v) is 10.2. The van der Waals surface area contributed by atoms with Gasteiger partial charge in [-0.05, 0) is 19.3 Å². The fourth-order valence-electron chi connectivity index (χ4n) is 10.2. The van der Waals surface area contributed by atoms with Gasteiger partial charge in [-0.15, -0.1) is 0 Å². The molecule has 416 valence electrons. The second-order valence-electron chi connectivity index (χ2n) is 21.9. The number of unbranched alkanes of at least 4 members (excludes halogenated alkanes) is 44. The van der Waals surface area contributed by atoms with E-state index in [0.717, 1.165) is 38.5 Å². The van der Waals surface area contributed by atoms with E-state index in [9.17, 15) is 30.3 Å². The molecule has 1 heterocycles. The molecule has 1 fully saturated rings. The average Bonchev–Trinajstić information content (AvgIpc) is 3.36. The number of nitrogens with one attached hydrogen (secondary N) is 1. The highest BCUT2D eigenvalue weighted by atomic mass is 16.7. The topological polar surface area (TPSA) is 149 Å². The van der Waals surface area contributed by atoms with Crippen molar-refractivity contribution in [1.82, 2.24) is 5.32 Å². The van der Waals surface area contributed by atoms with Crippen LogP contribution in [0.25, 0.3) is 0 Å².